The van der Waals surface area contributed by atoms with Crippen LogP contribution in [0.1, 0.15) is 46.0 Å². The molecule has 1 amide bonds. The monoisotopic (exact) mass is 340 g/mol. The number of carbonyl (C=O) groups is 1. The van der Waals surface area contributed by atoms with Gasteiger partial charge in [-0.25, -0.2) is 0 Å². The SMILES string of the molecule is COCCCn1cnnc1SC(C(=O)NC1CCCC1)C(C)C. The van der Waals surface area contributed by atoms with Gasteiger partial charge in [-0.2, -0.15) is 0 Å². The van der Waals surface area contributed by atoms with E-state index in [0.717, 1.165) is 31.0 Å². The van der Waals surface area contributed by atoms with Gasteiger partial charge in [-0.3, -0.25) is 4.79 Å². The number of methoxy groups -OCH3 is 1. The molecule has 0 aliphatic heterocycles. The first kappa shape index (κ1) is 18.3. The number of carbonyl (C=O) groups excluding carboxylic acids is 1. The Balaban J connectivity index is 1.96. The Bertz CT molecular complexity index is 486. The molecule has 1 fully saturated rings. The van der Waals surface area contributed by atoms with E-state index in [1.165, 1.54) is 24.6 Å². The standard InChI is InChI=1S/C16H28N4O2S/c1-12(2)14(15(21)18-13-7-4-5-8-13)23-16-19-17-11-20(16)9-6-10-22-3/h11-14H,4-10H2,1-3H3,(H,18,21). The highest BCUT2D eigenvalue weighted by Gasteiger charge is 2.28. The van der Waals surface area contributed by atoms with Crippen LogP contribution in [0, 0.1) is 5.92 Å². The van der Waals surface area contributed by atoms with E-state index in [-0.39, 0.29) is 17.1 Å². The molecule has 0 bridgehead atoms. The van der Waals surface area contributed by atoms with Crippen LogP contribution < -0.4 is 5.32 Å². The van der Waals surface area contributed by atoms with E-state index in [0.29, 0.717) is 12.6 Å². The summed E-state index contributed by atoms with van der Waals surface area (Å²) in [6.07, 6.45) is 7.28. The van der Waals surface area contributed by atoms with Crippen molar-refractivity contribution in [1.82, 2.24) is 20.1 Å². The molecule has 0 spiro atoms. The minimum Gasteiger partial charge on any atom is -0.385 e. The lowest BCUT2D eigenvalue weighted by atomic mass is 10.1. The first-order chi connectivity index (χ1) is 11.1. The Morgan fingerprint density at radius 3 is 2.87 bits per heavy atom. The number of nitrogens with one attached hydrogen (secondary N) is 1. The minimum atomic E-state index is -0.138. The summed E-state index contributed by atoms with van der Waals surface area (Å²) in [5.41, 5.74) is 0. The van der Waals surface area contributed by atoms with Gasteiger partial charge in [0.1, 0.15) is 6.33 Å². The molecule has 1 aliphatic carbocycles. The second-order valence-electron chi connectivity index (χ2n) is 6.43. The van der Waals surface area contributed by atoms with Crippen molar-refractivity contribution in [3.8, 4) is 0 Å². The summed E-state index contributed by atoms with van der Waals surface area (Å²) in [5, 5.41) is 12.1. The van der Waals surface area contributed by atoms with Crippen LogP contribution in [0.4, 0.5) is 0 Å². The fourth-order valence-corrected chi connectivity index (χ4v) is 3.87. The van der Waals surface area contributed by atoms with Gasteiger partial charge in [0.05, 0.1) is 5.25 Å². The second kappa shape index (κ2) is 9.27. The molecule has 1 N–H and O–H groups in total. The molecule has 0 radical (unpaired) electrons. The van der Waals surface area contributed by atoms with Crippen molar-refractivity contribution in [2.75, 3.05) is 13.7 Å². The number of hydrogen-bond acceptors (Lipinski definition) is 5. The van der Waals surface area contributed by atoms with Gasteiger partial charge >= 0.3 is 0 Å². The van der Waals surface area contributed by atoms with Gasteiger partial charge in [0, 0.05) is 26.3 Å². The van der Waals surface area contributed by atoms with Crippen LogP contribution in [0.25, 0.3) is 0 Å². The van der Waals surface area contributed by atoms with E-state index in [1.54, 1.807) is 13.4 Å². The van der Waals surface area contributed by atoms with E-state index in [2.05, 4.69) is 29.4 Å². The van der Waals surface area contributed by atoms with Crippen LogP contribution in [0.5, 0.6) is 0 Å². The zero-order valence-electron chi connectivity index (χ0n) is 14.3. The van der Waals surface area contributed by atoms with Gasteiger partial charge in [-0.05, 0) is 25.2 Å². The van der Waals surface area contributed by atoms with E-state index in [1.807, 2.05) is 4.57 Å². The van der Waals surface area contributed by atoms with Crippen LogP contribution in [0.3, 0.4) is 0 Å². The highest BCUT2D eigenvalue weighted by atomic mass is 32.2. The van der Waals surface area contributed by atoms with E-state index >= 15 is 0 Å². The van der Waals surface area contributed by atoms with Crippen molar-refractivity contribution >= 4 is 17.7 Å². The second-order valence-corrected chi connectivity index (χ2v) is 7.53. The molecule has 0 saturated heterocycles. The van der Waals surface area contributed by atoms with Crippen LogP contribution in [-0.2, 0) is 16.1 Å². The number of hydrogen-bond donors (Lipinski definition) is 1. The normalized spacial score (nSPS) is 16.9. The molecule has 1 atom stereocenters. The summed E-state index contributed by atoms with van der Waals surface area (Å²) in [4.78, 5) is 12.6. The predicted molar refractivity (Wildman–Crippen MR) is 91.4 cm³/mol. The summed E-state index contributed by atoms with van der Waals surface area (Å²) in [5.74, 6) is 0.369. The number of ether oxygens (including phenoxy) is 1. The zero-order chi connectivity index (χ0) is 16.7. The van der Waals surface area contributed by atoms with E-state index in [9.17, 15) is 4.79 Å². The number of amides is 1. The quantitative estimate of drug-likeness (QED) is 0.552. The van der Waals surface area contributed by atoms with Crippen molar-refractivity contribution in [2.24, 2.45) is 5.92 Å². The van der Waals surface area contributed by atoms with Crippen molar-refractivity contribution in [3.05, 3.63) is 6.33 Å². The summed E-state index contributed by atoms with van der Waals surface area (Å²) >= 11 is 1.52. The molecule has 2 rings (SSSR count). The molecule has 0 aromatic carbocycles. The number of nitrogens with zero attached hydrogens (tertiary/aromatic N) is 3. The third kappa shape index (κ3) is 5.49. The van der Waals surface area contributed by atoms with Gasteiger partial charge in [0.2, 0.25) is 5.91 Å². The van der Waals surface area contributed by atoms with Crippen molar-refractivity contribution in [2.45, 2.75) is 68.9 Å². The summed E-state index contributed by atoms with van der Waals surface area (Å²) in [6.45, 7) is 5.67. The number of rotatable bonds is 9. The van der Waals surface area contributed by atoms with E-state index < -0.39 is 0 Å². The summed E-state index contributed by atoms with van der Waals surface area (Å²) in [6, 6.07) is 0.351. The van der Waals surface area contributed by atoms with Crippen molar-refractivity contribution in [1.29, 1.82) is 0 Å². The number of aryl methyl sites for hydroxylation is 1. The average molecular weight is 340 g/mol. The number of thioether (sulfide) groups is 1. The smallest absolute Gasteiger partial charge is 0.234 e. The first-order valence-corrected chi connectivity index (χ1v) is 9.33. The van der Waals surface area contributed by atoms with Crippen molar-refractivity contribution < 1.29 is 9.53 Å². The van der Waals surface area contributed by atoms with Crippen LogP contribution >= 0.6 is 11.8 Å². The maximum atomic E-state index is 12.6. The number of aromatic nitrogens is 3. The summed E-state index contributed by atoms with van der Waals surface area (Å²) in [7, 11) is 1.70. The third-order valence-corrected chi connectivity index (χ3v) is 5.66. The molecule has 1 saturated carbocycles. The lowest BCUT2D eigenvalue weighted by Gasteiger charge is -2.22. The molecule has 130 valence electrons. The van der Waals surface area contributed by atoms with Crippen LogP contribution in [-0.4, -0.2) is 45.7 Å². The Kier molecular flexibility index (Phi) is 7.36. The lowest BCUT2D eigenvalue weighted by Crippen LogP contribution is -2.41. The van der Waals surface area contributed by atoms with Crippen molar-refractivity contribution in [3.63, 3.8) is 0 Å². The van der Waals surface area contributed by atoms with E-state index in [4.69, 9.17) is 4.74 Å². The molecular formula is C16H28N4O2S. The van der Waals surface area contributed by atoms with Gasteiger partial charge in [-0.1, -0.05) is 38.5 Å². The molecule has 7 heteroatoms. The summed E-state index contributed by atoms with van der Waals surface area (Å²) < 4.78 is 7.09. The maximum absolute atomic E-state index is 12.6. The molecule has 1 aliphatic rings. The molecule has 1 aromatic heterocycles. The Morgan fingerprint density at radius 1 is 1.48 bits per heavy atom. The van der Waals surface area contributed by atoms with Gasteiger partial charge in [0.25, 0.3) is 0 Å². The van der Waals surface area contributed by atoms with Crippen LogP contribution in [0.2, 0.25) is 0 Å². The fourth-order valence-electron chi connectivity index (χ4n) is 2.83. The molecule has 1 heterocycles. The molecular weight excluding hydrogens is 312 g/mol. The lowest BCUT2D eigenvalue weighted by molar-refractivity contribution is -0.121. The van der Waals surface area contributed by atoms with Crippen LogP contribution in [0.15, 0.2) is 11.5 Å². The van der Waals surface area contributed by atoms with Gasteiger partial charge in [0.15, 0.2) is 5.16 Å². The molecule has 6 nitrogen and oxygen atoms in total. The Morgan fingerprint density at radius 2 is 2.22 bits per heavy atom. The molecule has 1 unspecified atom stereocenters. The maximum Gasteiger partial charge on any atom is 0.234 e. The molecule has 23 heavy (non-hydrogen) atoms. The third-order valence-electron chi connectivity index (χ3n) is 4.13. The van der Waals surface area contributed by atoms with Gasteiger partial charge < -0.3 is 14.6 Å². The Labute approximate surface area is 142 Å². The zero-order valence-corrected chi connectivity index (χ0v) is 15.1. The van der Waals surface area contributed by atoms with Gasteiger partial charge in [-0.15, -0.1) is 10.2 Å². The highest BCUT2D eigenvalue weighted by molar-refractivity contribution is 8.00. The minimum absolute atomic E-state index is 0.128. The largest absolute Gasteiger partial charge is 0.385 e. The Hall–Kier alpha value is -1.08. The first-order valence-electron chi connectivity index (χ1n) is 8.45. The average Bonchev–Trinajstić information content (AvgIpc) is 3.16. The fraction of sp³-hybridized carbons (Fsp3) is 0.812. The topological polar surface area (TPSA) is 69.0 Å². The predicted octanol–water partition coefficient (Wildman–Crippen LogP) is 2.49. The molecule has 1 aromatic rings. The highest BCUT2D eigenvalue weighted by Crippen LogP contribution is 2.28.